The van der Waals surface area contributed by atoms with E-state index in [2.05, 4.69) is 17.0 Å². The molecule has 0 N–H and O–H groups in total. The topological polar surface area (TPSA) is 51.2 Å². The van der Waals surface area contributed by atoms with E-state index in [0.717, 1.165) is 34.1 Å². The third kappa shape index (κ3) is 3.46. The average molecular weight is 428 g/mol. The molecule has 0 aromatic heterocycles. The summed E-state index contributed by atoms with van der Waals surface area (Å²) in [5, 5.41) is 0. The van der Waals surface area contributed by atoms with E-state index in [0.29, 0.717) is 26.1 Å². The lowest BCUT2D eigenvalue weighted by Crippen LogP contribution is -2.45. The SMILES string of the molecule is O=C1C2CC(CN2Cc2ccc3c(c2)OCO3)Oc2ccccc2N1Cc1ccccc1. The predicted octanol–water partition coefficient (Wildman–Crippen LogP) is 3.98. The summed E-state index contributed by atoms with van der Waals surface area (Å²) < 4.78 is 17.4. The van der Waals surface area contributed by atoms with E-state index >= 15 is 0 Å². The molecule has 6 rings (SSSR count). The van der Waals surface area contributed by atoms with E-state index in [1.807, 2.05) is 65.6 Å². The van der Waals surface area contributed by atoms with Crippen LogP contribution in [0.5, 0.6) is 17.2 Å². The van der Waals surface area contributed by atoms with E-state index < -0.39 is 0 Å². The van der Waals surface area contributed by atoms with Crippen LogP contribution in [0, 0.1) is 0 Å². The smallest absolute Gasteiger partial charge is 0.244 e. The maximum absolute atomic E-state index is 13.9. The van der Waals surface area contributed by atoms with Gasteiger partial charge in [-0.3, -0.25) is 9.69 Å². The Bertz CT molecular complexity index is 1150. The van der Waals surface area contributed by atoms with E-state index in [1.54, 1.807) is 0 Å². The van der Waals surface area contributed by atoms with Crippen LogP contribution in [0.1, 0.15) is 17.5 Å². The molecule has 0 spiro atoms. The third-order valence-corrected chi connectivity index (χ3v) is 6.37. The number of likely N-dealkylation sites (tertiary alicyclic amines) is 1. The van der Waals surface area contributed by atoms with Crippen LogP contribution in [0.2, 0.25) is 0 Å². The fourth-order valence-electron chi connectivity index (χ4n) is 4.84. The Morgan fingerprint density at radius 2 is 1.62 bits per heavy atom. The molecular weight excluding hydrogens is 404 g/mol. The summed E-state index contributed by atoms with van der Waals surface area (Å²) in [5.41, 5.74) is 3.02. The molecule has 0 radical (unpaired) electrons. The number of carbonyl (C=O) groups is 1. The zero-order valence-electron chi connectivity index (χ0n) is 17.6. The van der Waals surface area contributed by atoms with Crippen molar-refractivity contribution in [2.24, 2.45) is 0 Å². The lowest BCUT2D eigenvalue weighted by atomic mass is 10.1. The highest BCUT2D eigenvalue weighted by Crippen LogP contribution is 2.38. The number of benzene rings is 3. The van der Waals surface area contributed by atoms with Gasteiger partial charge in [0.05, 0.1) is 18.3 Å². The molecule has 3 aromatic carbocycles. The molecule has 0 saturated carbocycles. The van der Waals surface area contributed by atoms with Crippen molar-refractivity contribution in [2.45, 2.75) is 31.7 Å². The van der Waals surface area contributed by atoms with Crippen molar-refractivity contribution in [3.05, 3.63) is 83.9 Å². The lowest BCUT2D eigenvalue weighted by molar-refractivity contribution is -0.123. The second-order valence-corrected chi connectivity index (χ2v) is 8.49. The molecule has 162 valence electrons. The fraction of sp³-hybridized carbons (Fsp3) is 0.269. The van der Waals surface area contributed by atoms with Crippen LogP contribution >= 0.6 is 0 Å². The summed E-state index contributed by atoms with van der Waals surface area (Å²) in [6, 6.07) is 23.7. The number of hydrogen-bond acceptors (Lipinski definition) is 5. The minimum Gasteiger partial charge on any atom is -0.487 e. The predicted molar refractivity (Wildman–Crippen MR) is 120 cm³/mol. The minimum absolute atomic E-state index is 0.0158. The Morgan fingerprint density at radius 1 is 0.812 bits per heavy atom. The molecular formula is C26H24N2O4. The highest BCUT2D eigenvalue weighted by atomic mass is 16.7. The molecule has 3 aliphatic rings. The van der Waals surface area contributed by atoms with Crippen LogP contribution in [0.4, 0.5) is 5.69 Å². The van der Waals surface area contributed by atoms with Crippen LogP contribution in [0.15, 0.2) is 72.8 Å². The number of nitrogens with zero attached hydrogens (tertiary/aromatic N) is 2. The summed E-state index contributed by atoms with van der Waals surface area (Å²) in [5.74, 6) is 2.42. The Labute approximate surface area is 186 Å². The first-order chi connectivity index (χ1) is 15.7. The molecule has 32 heavy (non-hydrogen) atoms. The third-order valence-electron chi connectivity index (χ3n) is 6.37. The first kappa shape index (κ1) is 19.2. The molecule has 3 aliphatic heterocycles. The van der Waals surface area contributed by atoms with Gasteiger partial charge in [0.1, 0.15) is 11.9 Å². The summed E-state index contributed by atoms with van der Waals surface area (Å²) in [6.45, 7) is 2.13. The molecule has 3 aromatic rings. The van der Waals surface area contributed by atoms with Crippen LogP contribution < -0.4 is 19.1 Å². The molecule has 2 bridgehead atoms. The van der Waals surface area contributed by atoms with E-state index in [9.17, 15) is 4.79 Å². The summed E-state index contributed by atoms with van der Waals surface area (Å²) in [6.07, 6.45) is 0.668. The molecule has 1 amide bonds. The molecule has 1 saturated heterocycles. The molecule has 6 heteroatoms. The maximum Gasteiger partial charge on any atom is 0.244 e. The zero-order valence-corrected chi connectivity index (χ0v) is 17.6. The molecule has 2 atom stereocenters. The van der Waals surface area contributed by atoms with Crippen molar-refractivity contribution in [2.75, 3.05) is 18.2 Å². The monoisotopic (exact) mass is 428 g/mol. The quantitative estimate of drug-likeness (QED) is 0.629. The van der Waals surface area contributed by atoms with Crippen molar-refractivity contribution >= 4 is 11.6 Å². The summed E-state index contributed by atoms with van der Waals surface area (Å²) in [4.78, 5) is 18.0. The maximum atomic E-state index is 13.9. The Morgan fingerprint density at radius 3 is 2.53 bits per heavy atom. The van der Waals surface area contributed by atoms with Gasteiger partial charge in [0, 0.05) is 19.5 Å². The van der Waals surface area contributed by atoms with Crippen molar-refractivity contribution in [3.8, 4) is 17.2 Å². The fourth-order valence-corrected chi connectivity index (χ4v) is 4.84. The first-order valence-corrected chi connectivity index (χ1v) is 11.0. The molecule has 1 fully saturated rings. The van der Waals surface area contributed by atoms with Gasteiger partial charge < -0.3 is 19.1 Å². The van der Waals surface area contributed by atoms with Gasteiger partial charge in [-0.05, 0) is 35.4 Å². The van der Waals surface area contributed by atoms with E-state index in [4.69, 9.17) is 14.2 Å². The van der Waals surface area contributed by atoms with Gasteiger partial charge >= 0.3 is 0 Å². The minimum atomic E-state index is -0.234. The Balaban J connectivity index is 1.32. The summed E-state index contributed by atoms with van der Waals surface area (Å²) >= 11 is 0. The van der Waals surface area contributed by atoms with Gasteiger partial charge in [-0.15, -0.1) is 0 Å². The van der Waals surface area contributed by atoms with Crippen molar-refractivity contribution < 1.29 is 19.0 Å². The van der Waals surface area contributed by atoms with Crippen LogP contribution in [0.3, 0.4) is 0 Å². The Hall–Kier alpha value is -3.51. The largest absolute Gasteiger partial charge is 0.487 e. The molecule has 2 unspecified atom stereocenters. The number of carbonyl (C=O) groups excluding carboxylic acids is 1. The van der Waals surface area contributed by atoms with Gasteiger partial charge in [0.25, 0.3) is 0 Å². The second kappa shape index (κ2) is 7.88. The van der Waals surface area contributed by atoms with Gasteiger partial charge in [-0.25, -0.2) is 0 Å². The number of fused-ring (bicyclic) bond motifs is 4. The highest BCUT2D eigenvalue weighted by molar-refractivity contribution is 5.99. The summed E-state index contributed by atoms with van der Waals surface area (Å²) in [7, 11) is 0. The van der Waals surface area contributed by atoms with Gasteiger partial charge in [-0.1, -0.05) is 48.5 Å². The van der Waals surface area contributed by atoms with Crippen LogP contribution in [-0.4, -0.2) is 36.3 Å². The number of hydrogen-bond donors (Lipinski definition) is 0. The molecule has 0 aliphatic carbocycles. The average Bonchev–Trinajstić information content (AvgIpc) is 3.45. The van der Waals surface area contributed by atoms with Crippen LogP contribution in [0.25, 0.3) is 0 Å². The molecule has 6 nitrogen and oxygen atoms in total. The normalized spacial score (nSPS) is 21.6. The molecule has 3 heterocycles. The zero-order chi connectivity index (χ0) is 21.5. The van der Waals surface area contributed by atoms with Gasteiger partial charge in [0.15, 0.2) is 11.5 Å². The first-order valence-electron chi connectivity index (χ1n) is 11.0. The number of rotatable bonds is 4. The van der Waals surface area contributed by atoms with Crippen LogP contribution in [-0.2, 0) is 17.9 Å². The highest BCUT2D eigenvalue weighted by Gasteiger charge is 2.42. The van der Waals surface area contributed by atoms with Crippen molar-refractivity contribution in [1.29, 1.82) is 0 Å². The second-order valence-electron chi connectivity index (χ2n) is 8.49. The number of anilines is 1. The number of para-hydroxylation sites is 2. The van der Waals surface area contributed by atoms with E-state index in [-0.39, 0.29) is 24.8 Å². The number of ether oxygens (including phenoxy) is 3. The van der Waals surface area contributed by atoms with Gasteiger partial charge in [0.2, 0.25) is 12.7 Å². The standard InChI is InChI=1S/C26H24N2O4/c29-26-22-13-20(16-27(22)14-19-10-11-24-25(12-19)31-17-30-24)32-23-9-5-4-8-21(23)28(26)15-18-6-2-1-3-7-18/h1-12,20,22H,13-17H2. The lowest BCUT2D eigenvalue weighted by Gasteiger charge is -2.32. The van der Waals surface area contributed by atoms with E-state index in [1.165, 1.54) is 0 Å². The number of amides is 1. The van der Waals surface area contributed by atoms with Crippen molar-refractivity contribution in [1.82, 2.24) is 4.90 Å². The van der Waals surface area contributed by atoms with Gasteiger partial charge in [-0.2, -0.15) is 0 Å². The Kier molecular flexibility index (Phi) is 4.72. The van der Waals surface area contributed by atoms with Crippen molar-refractivity contribution in [3.63, 3.8) is 0 Å².